The normalized spacial score (nSPS) is 17.9. The van der Waals surface area contributed by atoms with Gasteiger partial charge in [0.15, 0.2) is 0 Å². The Morgan fingerprint density at radius 3 is 2.71 bits per heavy atom. The number of carbonyl (C=O) groups is 1. The van der Waals surface area contributed by atoms with Crippen LogP contribution < -0.4 is 5.32 Å². The predicted octanol–water partition coefficient (Wildman–Crippen LogP) is 3.78. The molecule has 0 aliphatic heterocycles. The number of hydrogen-bond donors (Lipinski definition) is 1. The maximum atomic E-state index is 12.6. The molecule has 1 N–H and O–H groups in total. The van der Waals surface area contributed by atoms with E-state index < -0.39 is 0 Å². The Labute approximate surface area is 146 Å². The van der Waals surface area contributed by atoms with E-state index in [1.54, 1.807) is 7.11 Å². The summed E-state index contributed by atoms with van der Waals surface area (Å²) >= 11 is 0. The Kier molecular flexibility index (Phi) is 5.69. The van der Waals surface area contributed by atoms with Crippen LogP contribution in [-0.2, 0) is 17.6 Å². The summed E-state index contributed by atoms with van der Waals surface area (Å²) in [6.07, 6.45) is 3.97. The number of pyridine rings is 1. The van der Waals surface area contributed by atoms with Gasteiger partial charge in [0.1, 0.15) is 5.69 Å². The molecule has 1 atom stereocenters. The highest BCUT2D eigenvalue weighted by Gasteiger charge is 2.27. The van der Waals surface area contributed by atoms with Gasteiger partial charge in [0.2, 0.25) is 0 Å². The maximum absolute atomic E-state index is 12.6. The van der Waals surface area contributed by atoms with Crippen LogP contribution in [0.5, 0.6) is 0 Å². The van der Waals surface area contributed by atoms with Crippen LogP contribution in [0.15, 0.2) is 12.1 Å². The number of aromatic nitrogens is 1. The summed E-state index contributed by atoms with van der Waals surface area (Å²) < 4.78 is 5.26. The van der Waals surface area contributed by atoms with Crippen molar-refractivity contribution in [3.63, 3.8) is 0 Å². The van der Waals surface area contributed by atoms with E-state index in [9.17, 15) is 4.79 Å². The number of ether oxygens (including phenoxy) is 1. The van der Waals surface area contributed by atoms with Crippen LogP contribution in [0.2, 0.25) is 0 Å². The summed E-state index contributed by atoms with van der Waals surface area (Å²) in [5.74, 6) is -0.103. The molecule has 1 aromatic heterocycles. The standard InChI is InChI=1S/C20H32N2O2/c1-19(2,3)12-15(13-24-6)21-18(23)17-8-7-14-11-20(4,5)10-9-16(14)22-17/h7-8,15H,9-13H2,1-6H3,(H,21,23). The van der Waals surface area contributed by atoms with E-state index in [2.05, 4.69) is 51.0 Å². The molecule has 1 aliphatic rings. The van der Waals surface area contributed by atoms with Gasteiger partial charge in [0, 0.05) is 12.8 Å². The minimum Gasteiger partial charge on any atom is -0.383 e. The van der Waals surface area contributed by atoms with Gasteiger partial charge in [0.05, 0.1) is 12.6 Å². The third-order valence-electron chi connectivity index (χ3n) is 4.57. The summed E-state index contributed by atoms with van der Waals surface area (Å²) in [6, 6.07) is 3.93. The fourth-order valence-corrected chi connectivity index (χ4v) is 3.45. The van der Waals surface area contributed by atoms with Gasteiger partial charge in [-0.3, -0.25) is 4.79 Å². The highest BCUT2D eigenvalue weighted by Crippen LogP contribution is 2.33. The van der Waals surface area contributed by atoms with E-state index in [0.717, 1.165) is 31.4 Å². The van der Waals surface area contributed by atoms with Crippen LogP contribution in [-0.4, -0.2) is 30.6 Å². The number of hydrogen-bond acceptors (Lipinski definition) is 3. The van der Waals surface area contributed by atoms with E-state index in [4.69, 9.17) is 4.74 Å². The molecule has 24 heavy (non-hydrogen) atoms. The second-order valence-corrected chi connectivity index (χ2v) is 9.03. The lowest BCUT2D eigenvalue weighted by molar-refractivity contribution is 0.0862. The average molecular weight is 332 g/mol. The van der Waals surface area contributed by atoms with Crippen molar-refractivity contribution in [1.29, 1.82) is 0 Å². The van der Waals surface area contributed by atoms with E-state index in [0.29, 0.717) is 17.7 Å². The largest absolute Gasteiger partial charge is 0.383 e. The van der Waals surface area contributed by atoms with Crippen molar-refractivity contribution in [1.82, 2.24) is 10.3 Å². The summed E-state index contributed by atoms with van der Waals surface area (Å²) in [7, 11) is 1.67. The van der Waals surface area contributed by atoms with Crippen molar-refractivity contribution >= 4 is 5.91 Å². The van der Waals surface area contributed by atoms with E-state index in [1.165, 1.54) is 5.56 Å². The Balaban J connectivity index is 2.09. The van der Waals surface area contributed by atoms with Crippen LogP contribution >= 0.6 is 0 Å². The SMILES string of the molecule is COCC(CC(C)(C)C)NC(=O)c1ccc2c(n1)CCC(C)(C)C2. The fourth-order valence-electron chi connectivity index (χ4n) is 3.45. The quantitative estimate of drug-likeness (QED) is 0.893. The Hall–Kier alpha value is -1.42. The molecule has 134 valence electrons. The van der Waals surface area contributed by atoms with Crippen LogP contribution in [0.3, 0.4) is 0 Å². The van der Waals surface area contributed by atoms with Crippen molar-refractivity contribution in [2.75, 3.05) is 13.7 Å². The zero-order valence-corrected chi connectivity index (χ0v) is 16.0. The summed E-state index contributed by atoms with van der Waals surface area (Å²) in [4.78, 5) is 17.2. The first-order valence-corrected chi connectivity index (χ1v) is 8.88. The minimum atomic E-state index is -0.103. The molecule has 1 aliphatic carbocycles. The summed E-state index contributed by atoms with van der Waals surface area (Å²) in [6.45, 7) is 11.6. The maximum Gasteiger partial charge on any atom is 0.270 e. The molecule has 0 saturated heterocycles. The molecule has 0 aromatic carbocycles. The third kappa shape index (κ3) is 5.30. The smallest absolute Gasteiger partial charge is 0.270 e. The summed E-state index contributed by atoms with van der Waals surface area (Å²) in [5, 5.41) is 3.09. The molecule has 1 heterocycles. The molecule has 0 spiro atoms. The van der Waals surface area contributed by atoms with Gasteiger partial charge in [-0.1, -0.05) is 40.7 Å². The van der Waals surface area contributed by atoms with Gasteiger partial charge in [-0.2, -0.15) is 0 Å². The monoisotopic (exact) mass is 332 g/mol. The first-order valence-electron chi connectivity index (χ1n) is 8.88. The van der Waals surface area contributed by atoms with Gasteiger partial charge in [0.25, 0.3) is 5.91 Å². The van der Waals surface area contributed by atoms with Gasteiger partial charge in [-0.25, -0.2) is 4.98 Å². The average Bonchev–Trinajstić information content (AvgIpc) is 2.44. The number of carbonyl (C=O) groups excluding carboxylic acids is 1. The molecule has 4 nitrogen and oxygen atoms in total. The van der Waals surface area contributed by atoms with Gasteiger partial charge in [-0.05, 0) is 48.1 Å². The number of amides is 1. The van der Waals surface area contributed by atoms with Gasteiger partial charge >= 0.3 is 0 Å². The number of aryl methyl sites for hydroxylation is 1. The van der Waals surface area contributed by atoms with Crippen molar-refractivity contribution in [2.45, 2.75) is 66.3 Å². The zero-order valence-electron chi connectivity index (χ0n) is 16.0. The summed E-state index contributed by atoms with van der Waals surface area (Å²) in [5.41, 5.74) is 3.34. The van der Waals surface area contributed by atoms with Gasteiger partial charge < -0.3 is 10.1 Å². The molecule has 1 amide bonds. The Morgan fingerprint density at radius 2 is 2.08 bits per heavy atom. The van der Waals surface area contributed by atoms with Crippen LogP contribution in [0.4, 0.5) is 0 Å². The third-order valence-corrected chi connectivity index (χ3v) is 4.57. The Morgan fingerprint density at radius 1 is 1.38 bits per heavy atom. The number of rotatable bonds is 5. The number of methoxy groups -OCH3 is 1. The second-order valence-electron chi connectivity index (χ2n) is 9.03. The molecule has 2 rings (SSSR count). The van der Waals surface area contributed by atoms with Crippen molar-refractivity contribution in [3.05, 3.63) is 29.1 Å². The highest BCUT2D eigenvalue weighted by atomic mass is 16.5. The minimum absolute atomic E-state index is 0.000680. The molecule has 0 radical (unpaired) electrons. The predicted molar refractivity (Wildman–Crippen MR) is 97.2 cm³/mol. The second kappa shape index (κ2) is 7.22. The molecular weight excluding hydrogens is 300 g/mol. The number of fused-ring (bicyclic) bond motifs is 1. The van der Waals surface area contributed by atoms with Crippen LogP contribution in [0.1, 0.15) is 69.2 Å². The van der Waals surface area contributed by atoms with Crippen LogP contribution in [0.25, 0.3) is 0 Å². The van der Waals surface area contributed by atoms with E-state index in [-0.39, 0.29) is 17.4 Å². The first-order chi connectivity index (χ1) is 11.1. The Bertz CT molecular complexity index is 588. The van der Waals surface area contributed by atoms with Crippen molar-refractivity contribution in [3.8, 4) is 0 Å². The van der Waals surface area contributed by atoms with Gasteiger partial charge in [-0.15, -0.1) is 0 Å². The first kappa shape index (κ1) is 18.9. The fraction of sp³-hybridized carbons (Fsp3) is 0.700. The lowest BCUT2D eigenvalue weighted by atomic mass is 9.76. The molecule has 1 unspecified atom stereocenters. The number of nitrogens with one attached hydrogen (secondary N) is 1. The van der Waals surface area contributed by atoms with Crippen molar-refractivity contribution < 1.29 is 9.53 Å². The van der Waals surface area contributed by atoms with Crippen LogP contribution in [0, 0.1) is 10.8 Å². The molecular formula is C20H32N2O2. The van der Waals surface area contributed by atoms with E-state index in [1.807, 2.05) is 6.07 Å². The molecule has 4 heteroatoms. The molecule has 0 bridgehead atoms. The topological polar surface area (TPSA) is 51.2 Å². The van der Waals surface area contributed by atoms with Crippen molar-refractivity contribution in [2.24, 2.45) is 10.8 Å². The van der Waals surface area contributed by atoms with E-state index >= 15 is 0 Å². The molecule has 0 saturated carbocycles. The number of nitrogens with zero attached hydrogens (tertiary/aromatic N) is 1. The molecule has 0 fully saturated rings. The lowest BCUT2D eigenvalue weighted by Gasteiger charge is -2.30. The molecule has 1 aromatic rings. The lowest BCUT2D eigenvalue weighted by Crippen LogP contribution is -2.41. The zero-order chi connectivity index (χ0) is 18.0. The highest BCUT2D eigenvalue weighted by molar-refractivity contribution is 5.92.